The second kappa shape index (κ2) is 8.55. The molecule has 0 saturated carbocycles. The number of hydrogen-bond acceptors (Lipinski definition) is 4. The summed E-state index contributed by atoms with van der Waals surface area (Å²) in [6, 6.07) is 10.6. The summed E-state index contributed by atoms with van der Waals surface area (Å²) in [6.07, 6.45) is 0. The fourth-order valence-electron chi connectivity index (χ4n) is 2.45. The molecule has 0 fully saturated rings. The maximum atomic E-state index is 6.44. The van der Waals surface area contributed by atoms with Crippen molar-refractivity contribution in [2.24, 2.45) is 0 Å². The van der Waals surface area contributed by atoms with E-state index in [0.29, 0.717) is 0 Å². The van der Waals surface area contributed by atoms with Crippen molar-refractivity contribution in [1.29, 1.82) is 0 Å². The lowest BCUT2D eigenvalue weighted by atomic mass is 10.1. The quantitative estimate of drug-likeness (QED) is 0.527. The smallest absolute Gasteiger partial charge is 0.377 e. The lowest BCUT2D eigenvalue weighted by molar-refractivity contribution is -0.0352. The van der Waals surface area contributed by atoms with Gasteiger partial charge in [0.15, 0.2) is 0 Å². The monoisotopic (exact) mass is 355 g/mol. The van der Waals surface area contributed by atoms with Gasteiger partial charge >= 0.3 is 8.80 Å². The molecule has 6 heteroatoms. The number of benzene rings is 1. The van der Waals surface area contributed by atoms with Crippen LogP contribution in [0.15, 0.2) is 30.3 Å². The Morgan fingerprint density at radius 1 is 1.09 bits per heavy atom. The Balaban J connectivity index is 3.09. The van der Waals surface area contributed by atoms with Crippen molar-refractivity contribution in [2.45, 2.75) is 58.3 Å². The van der Waals surface area contributed by atoms with Gasteiger partial charge in [-0.3, -0.25) is 4.90 Å². The Morgan fingerprint density at radius 2 is 1.61 bits per heavy atom. The van der Waals surface area contributed by atoms with Gasteiger partial charge in [0.25, 0.3) is 0 Å². The molecule has 1 rings (SSSR count). The number of rotatable bonds is 8. The van der Waals surface area contributed by atoms with E-state index in [9.17, 15) is 0 Å². The summed E-state index contributed by atoms with van der Waals surface area (Å²) in [4.78, 5) is 2.45. The summed E-state index contributed by atoms with van der Waals surface area (Å²) in [5, 5.41) is 0. The van der Waals surface area contributed by atoms with Crippen molar-refractivity contribution in [3.05, 3.63) is 35.9 Å². The summed E-state index contributed by atoms with van der Waals surface area (Å²) in [7, 11) is -0.375. The molecule has 0 bridgehead atoms. The highest BCUT2D eigenvalue weighted by Crippen LogP contribution is 2.25. The lowest BCUT2D eigenvalue weighted by Gasteiger charge is -2.45. The van der Waals surface area contributed by atoms with Gasteiger partial charge in [0.2, 0.25) is 0 Å². The minimum absolute atomic E-state index is 0.00539. The van der Waals surface area contributed by atoms with Crippen LogP contribution in [0.5, 0.6) is 0 Å². The van der Waals surface area contributed by atoms with E-state index in [2.05, 4.69) is 69.1 Å². The average Bonchev–Trinajstić information content (AvgIpc) is 2.50. The molecule has 23 heavy (non-hydrogen) atoms. The third-order valence-corrected chi connectivity index (χ3v) is 8.07. The Morgan fingerprint density at radius 3 is 2.00 bits per heavy atom. The maximum Gasteiger partial charge on any atom is 0.498 e. The Hall–Kier alpha value is -0.506. The molecule has 0 radical (unpaired) electrons. The molecule has 0 aromatic heterocycles. The third kappa shape index (κ3) is 6.13. The predicted molar refractivity (Wildman–Crippen MR) is 101 cm³/mol. The van der Waals surface area contributed by atoms with Gasteiger partial charge in [-0.15, -0.1) is 0 Å². The maximum absolute atomic E-state index is 6.44. The fourth-order valence-corrected chi connectivity index (χ4v) is 6.48. The van der Waals surface area contributed by atoms with Crippen LogP contribution in [0.1, 0.15) is 26.3 Å². The van der Waals surface area contributed by atoms with E-state index >= 15 is 0 Å². The number of hydrogen-bond donors (Lipinski definition) is 0. The summed E-state index contributed by atoms with van der Waals surface area (Å²) in [5.41, 5.74) is 1.29. The molecule has 0 spiro atoms. The first-order chi connectivity index (χ1) is 10.6. The van der Waals surface area contributed by atoms with E-state index in [4.69, 9.17) is 13.3 Å². The van der Waals surface area contributed by atoms with Crippen LogP contribution < -0.4 is 0 Å². The first-order valence-corrected chi connectivity index (χ1v) is 13.4. The van der Waals surface area contributed by atoms with E-state index in [-0.39, 0.29) is 11.4 Å². The molecule has 1 aromatic carbocycles. The summed E-state index contributed by atoms with van der Waals surface area (Å²) < 4.78 is 17.6. The average molecular weight is 356 g/mol. The molecule has 0 saturated heterocycles. The molecule has 0 aliphatic carbocycles. The van der Waals surface area contributed by atoms with Gasteiger partial charge in [0.05, 0.1) is 14.6 Å². The highest BCUT2D eigenvalue weighted by Gasteiger charge is 2.41. The van der Waals surface area contributed by atoms with Gasteiger partial charge in [-0.25, -0.2) is 0 Å². The van der Waals surface area contributed by atoms with Crippen LogP contribution in [-0.4, -0.2) is 48.1 Å². The molecule has 0 aliphatic rings. The van der Waals surface area contributed by atoms with Crippen LogP contribution in [0.4, 0.5) is 0 Å². The van der Waals surface area contributed by atoms with Gasteiger partial charge in [0.1, 0.15) is 0 Å². The molecule has 0 aliphatic heterocycles. The predicted octanol–water partition coefficient (Wildman–Crippen LogP) is 3.52. The van der Waals surface area contributed by atoms with Gasteiger partial charge in [-0.1, -0.05) is 43.4 Å². The lowest BCUT2D eigenvalue weighted by Crippen LogP contribution is -2.58. The second-order valence-corrected chi connectivity index (χ2v) is 13.1. The standard InChI is InChI=1S/C17H33NO3Si2/c1-17(2,3)18(14-15-12-10-9-11-13-15)16(22(6)7)21-23(8,19-4)20-5/h9-13,16,22H,14H2,1-8H3. The second-order valence-electron chi connectivity index (χ2n) is 7.31. The molecular formula is C17H33NO3Si2. The normalized spacial score (nSPS) is 14.5. The molecule has 1 unspecified atom stereocenters. The van der Waals surface area contributed by atoms with Crippen LogP contribution in [0.25, 0.3) is 0 Å². The largest absolute Gasteiger partial charge is 0.498 e. The van der Waals surface area contributed by atoms with Crippen LogP contribution >= 0.6 is 0 Å². The van der Waals surface area contributed by atoms with Crippen LogP contribution in [0.2, 0.25) is 19.6 Å². The van der Waals surface area contributed by atoms with Gasteiger partial charge in [0, 0.05) is 32.9 Å². The van der Waals surface area contributed by atoms with Crippen molar-refractivity contribution in [2.75, 3.05) is 14.2 Å². The molecule has 132 valence electrons. The van der Waals surface area contributed by atoms with Crippen molar-refractivity contribution in [1.82, 2.24) is 4.90 Å². The Labute approximate surface area is 144 Å². The molecule has 1 atom stereocenters. The van der Waals surface area contributed by atoms with E-state index in [1.165, 1.54) is 5.56 Å². The minimum Gasteiger partial charge on any atom is -0.377 e. The van der Waals surface area contributed by atoms with Crippen molar-refractivity contribution in [3.8, 4) is 0 Å². The van der Waals surface area contributed by atoms with E-state index in [1.54, 1.807) is 14.2 Å². The molecular weight excluding hydrogens is 322 g/mol. The van der Waals surface area contributed by atoms with E-state index in [1.807, 2.05) is 6.55 Å². The van der Waals surface area contributed by atoms with E-state index < -0.39 is 17.6 Å². The molecule has 4 nitrogen and oxygen atoms in total. The molecule has 0 heterocycles. The zero-order valence-electron chi connectivity index (χ0n) is 15.9. The van der Waals surface area contributed by atoms with Crippen molar-refractivity contribution < 1.29 is 13.3 Å². The zero-order valence-corrected chi connectivity index (χ0v) is 18.1. The zero-order chi connectivity index (χ0) is 17.7. The fraction of sp³-hybridized carbons (Fsp3) is 0.647. The third-order valence-electron chi connectivity index (χ3n) is 4.01. The highest BCUT2D eigenvalue weighted by atomic mass is 28.4. The van der Waals surface area contributed by atoms with Crippen molar-refractivity contribution in [3.63, 3.8) is 0 Å². The van der Waals surface area contributed by atoms with Gasteiger partial charge < -0.3 is 13.3 Å². The van der Waals surface area contributed by atoms with E-state index in [0.717, 1.165) is 6.54 Å². The van der Waals surface area contributed by atoms with Gasteiger partial charge in [-0.2, -0.15) is 0 Å². The summed E-state index contributed by atoms with van der Waals surface area (Å²) in [6.45, 7) is 14.2. The topological polar surface area (TPSA) is 30.9 Å². The van der Waals surface area contributed by atoms with Gasteiger partial charge in [-0.05, 0) is 26.3 Å². The summed E-state index contributed by atoms with van der Waals surface area (Å²) in [5.74, 6) is 0.0618. The SMILES string of the molecule is CO[Si](C)(OC)OC(N(Cc1ccccc1)C(C)(C)C)[SiH](C)C. The Bertz CT molecular complexity index is 459. The number of nitrogens with zero attached hydrogens (tertiary/aromatic N) is 1. The molecule has 0 amide bonds. The first-order valence-electron chi connectivity index (χ1n) is 8.21. The van der Waals surface area contributed by atoms with Crippen LogP contribution in [0, 0.1) is 0 Å². The molecule has 1 aromatic rings. The van der Waals surface area contributed by atoms with Crippen LogP contribution in [0.3, 0.4) is 0 Å². The first kappa shape index (κ1) is 20.5. The van der Waals surface area contributed by atoms with Crippen LogP contribution in [-0.2, 0) is 19.8 Å². The Kier molecular flexibility index (Phi) is 7.63. The summed E-state index contributed by atoms with van der Waals surface area (Å²) >= 11 is 0. The van der Waals surface area contributed by atoms with Crippen molar-refractivity contribution >= 4 is 17.6 Å². The minimum atomic E-state index is -2.59. The highest BCUT2D eigenvalue weighted by molar-refractivity contribution is 6.62. The molecule has 0 N–H and O–H groups in total.